The zero-order chi connectivity index (χ0) is 16.5. The highest BCUT2D eigenvalue weighted by molar-refractivity contribution is 6.50. The number of halogens is 3. The third-order valence-corrected chi connectivity index (χ3v) is 4.78. The highest BCUT2D eigenvalue weighted by atomic mass is 35.5. The van der Waals surface area contributed by atoms with Crippen LogP contribution in [0, 0.1) is 0 Å². The predicted octanol–water partition coefficient (Wildman–Crippen LogP) is 5.64. The first-order chi connectivity index (χ1) is 10.9. The first-order valence-electron chi connectivity index (χ1n) is 7.23. The molecule has 0 unspecified atom stereocenters. The predicted molar refractivity (Wildman–Crippen MR) is 97.2 cm³/mol. The van der Waals surface area contributed by atoms with Crippen molar-refractivity contribution in [1.82, 2.24) is 0 Å². The third kappa shape index (κ3) is 3.34. The van der Waals surface area contributed by atoms with Crippen LogP contribution >= 0.6 is 34.8 Å². The van der Waals surface area contributed by atoms with E-state index in [4.69, 9.17) is 34.8 Å². The summed E-state index contributed by atoms with van der Waals surface area (Å²) in [6.45, 7) is 0. The number of benzene rings is 2. The van der Waals surface area contributed by atoms with Crippen LogP contribution in [0.1, 0.15) is 17.5 Å². The molecule has 1 nitrogen and oxygen atoms in total. The Morgan fingerprint density at radius 2 is 1.52 bits per heavy atom. The van der Waals surface area contributed by atoms with Crippen LogP contribution in [0.5, 0.6) is 0 Å². The Kier molecular flexibility index (Phi) is 4.57. The van der Waals surface area contributed by atoms with Gasteiger partial charge in [0.1, 0.15) is 9.93 Å². The van der Waals surface area contributed by atoms with Crippen molar-refractivity contribution in [2.75, 3.05) is 0 Å². The lowest BCUT2D eigenvalue weighted by molar-refractivity contribution is 0.124. The van der Waals surface area contributed by atoms with Gasteiger partial charge in [-0.2, -0.15) is 0 Å². The fraction of sp³-hybridized carbons (Fsp3) is 0.158. The zero-order valence-corrected chi connectivity index (χ0v) is 14.5. The standard InChI is InChI=1S/C19H15Cl3O/c20-17-8-6-15(7-9-17)19(23,14-4-2-1-3-5-14)16-10-12-18(21,22)13-11-16/h1-12,23H,13H2/t19-/m0/s1. The summed E-state index contributed by atoms with van der Waals surface area (Å²) in [5.74, 6) is 0. The van der Waals surface area contributed by atoms with Gasteiger partial charge < -0.3 is 5.11 Å². The number of hydrogen-bond donors (Lipinski definition) is 1. The molecule has 0 saturated carbocycles. The fourth-order valence-electron chi connectivity index (χ4n) is 2.73. The van der Waals surface area contributed by atoms with Crippen molar-refractivity contribution < 1.29 is 5.11 Å². The second-order valence-corrected chi connectivity index (χ2v) is 7.52. The summed E-state index contributed by atoms with van der Waals surface area (Å²) in [5.41, 5.74) is 0.963. The van der Waals surface area contributed by atoms with Crippen molar-refractivity contribution in [2.24, 2.45) is 0 Å². The van der Waals surface area contributed by atoms with E-state index in [1.807, 2.05) is 48.5 Å². The Labute approximate surface area is 150 Å². The van der Waals surface area contributed by atoms with E-state index in [0.29, 0.717) is 11.4 Å². The third-order valence-electron chi connectivity index (χ3n) is 3.97. The maximum absolute atomic E-state index is 11.6. The van der Waals surface area contributed by atoms with E-state index in [-0.39, 0.29) is 0 Å². The average molecular weight is 366 g/mol. The van der Waals surface area contributed by atoms with Gasteiger partial charge in [-0.15, -0.1) is 0 Å². The minimum atomic E-state index is -1.29. The Bertz CT molecular complexity index is 748. The molecule has 2 aromatic rings. The molecule has 0 saturated heterocycles. The summed E-state index contributed by atoms with van der Waals surface area (Å²) in [6, 6.07) is 16.7. The number of aliphatic hydroxyl groups is 1. The second kappa shape index (κ2) is 6.33. The van der Waals surface area contributed by atoms with Crippen molar-refractivity contribution in [3.63, 3.8) is 0 Å². The SMILES string of the molecule is O[C@@](C1=CCC(Cl)(Cl)C=C1)(c1ccccc1)c1ccc(Cl)cc1. The molecule has 2 aromatic carbocycles. The molecule has 0 heterocycles. The molecule has 0 amide bonds. The molecule has 1 N–H and O–H groups in total. The molecule has 3 rings (SSSR count). The number of allylic oxidation sites excluding steroid dienone is 2. The molecular formula is C19H15Cl3O. The molecule has 0 fully saturated rings. The van der Waals surface area contributed by atoms with Gasteiger partial charge in [-0.25, -0.2) is 0 Å². The van der Waals surface area contributed by atoms with Gasteiger partial charge in [0.25, 0.3) is 0 Å². The van der Waals surface area contributed by atoms with Gasteiger partial charge in [0.05, 0.1) is 0 Å². The smallest absolute Gasteiger partial charge is 0.140 e. The van der Waals surface area contributed by atoms with Crippen molar-refractivity contribution in [3.05, 3.63) is 94.5 Å². The Morgan fingerprint density at radius 3 is 2.09 bits per heavy atom. The van der Waals surface area contributed by atoms with Gasteiger partial charge in [0.2, 0.25) is 0 Å². The molecule has 23 heavy (non-hydrogen) atoms. The first-order valence-corrected chi connectivity index (χ1v) is 8.37. The van der Waals surface area contributed by atoms with Gasteiger partial charge in [-0.1, -0.05) is 89.4 Å². The van der Waals surface area contributed by atoms with Gasteiger partial charge in [-0.3, -0.25) is 0 Å². The quantitative estimate of drug-likeness (QED) is 0.698. The lowest BCUT2D eigenvalue weighted by atomic mass is 9.78. The highest BCUT2D eigenvalue weighted by Crippen LogP contribution is 2.42. The Balaban J connectivity index is 2.14. The molecular weight excluding hydrogens is 351 g/mol. The topological polar surface area (TPSA) is 20.2 Å². The highest BCUT2D eigenvalue weighted by Gasteiger charge is 2.37. The average Bonchev–Trinajstić information content (AvgIpc) is 2.55. The van der Waals surface area contributed by atoms with Gasteiger partial charge in [-0.05, 0) is 34.9 Å². The molecule has 0 aromatic heterocycles. The first kappa shape index (κ1) is 16.6. The molecule has 118 valence electrons. The van der Waals surface area contributed by atoms with E-state index < -0.39 is 9.93 Å². The van der Waals surface area contributed by atoms with E-state index in [1.54, 1.807) is 24.3 Å². The van der Waals surface area contributed by atoms with Crippen LogP contribution in [0.2, 0.25) is 5.02 Å². The molecule has 4 heteroatoms. The zero-order valence-electron chi connectivity index (χ0n) is 12.2. The van der Waals surface area contributed by atoms with Crippen molar-refractivity contribution in [1.29, 1.82) is 0 Å². The molecule has 1 atom stereocenters. The van der Waals surface area contributed by atoms with E-state index >= 15 is 0 Å². The summed E-state index contributed by atoms with van der Waals surface area (Å²) in [4.78, 5) is 0. The van der Waals surface area contributed by atoms with Crippen LogP contribution in [0.15, 0.2) is 78.4 Å². The number of rotatable bonds is 3. The molecule has 1 aliphatic rings. The van der Waals surface area contributed by atoms with Crippen molar-refractivity contribution in [2.45, 2.75) is 16.4 Å². The van der Waals surface area contributed by atoms with Gasteiger partial charge in [0.15, 0.2) is 0 Å². The van der Waals surface area contributed by atoms with E-state index in [1.165, 1.54) is 0 Å². The second-order valence-electron chi connectivity index (χ2n) is 5.54. The summed E-state index contributed by atoms with van der Waals surface area (Å²) >= 11 is 18.3. The lowest BCUT2D eigenvalue weighted by Crippen LogP contribution is -2.31. The Morgan fingerprint density at radius 1 is 0.913 bits per heavy atom. The Hall–Kier alpha value is -1.25. The maximum Gasteiger partial charge on any atom is 0.140 e. The van der Waals surface area contributed by atoms with Crippen molar-refractivity contribution >= 4 is 34.8 Å². The molecule has 1 aliphatic carbocycles. The fourth-order valence-corrected chi connectivity index (χ4v) is 3.14. The largest absolute Gasteiger partial charge is 0.376 e. The lowest BCUT2D eigenvalue weighted by Gasteiger charge is -2.33. The summed E-state index contributed by atoms with van der Waals surface area (Å²) in [5, 5.41) is 12.2. The molecule has 0 bridgehead atoms. The molecule has 0 aliphatic heterocycles. The van der Waals surface area contributed by atoms with Crippen LogP contribution in [-0.2, 0) is 5.60 Å². The maximum atomic E-state index is 11.6. The molecule has 0 radical (unpaired) electrons. The van der Waals surface area contributed by atoms with Crippen LogP contribution in [0.3, 0.4) is 0 Å². The van der Waals surface area contributed by atoms with E-state index in [9.17, 15) is 5.11 Å². The van der Waals surface area contributed by atoms with Crippen LogP contribution in [-0.4, -0.2) is 9.44 Å². The van der Waals surface area contributed by atoms with Crippen LogP contribution < -0.4 is 0 Å². The summed E-state index contributed by atoms with van der Waals surface area (Å²) in [7, 11) is 0. The van der Waals surface area contributed by atoms with E-state index in [0.717, 1.165) is 16.7 Å². The van der Waals surface area contributed by atoms with Crippen LogP contribution in [0.25, 0.3) is 0 Å². The minimum absolute atomic E-state index is 0.435. The molecule has 0 spiro atoms. The van der Waals surface area contributed by atoms with E-state index in [2.05, 4.69) is 0 Å². The monoisotopic (exact) mass is 364 g/mol. The summed E-state index contributed by atoms with van der Waals surface area (Å²) < 4.78 is -0.929. The van der Waals surface area contributed by atoms with Gasteiger partial charge in [0, 0.05) is 11.4 Å². The number of hydrogen-bond acceptors (Lipinski definition) is 1. The minimum Gasteiger partial charge on any atom is -0.376 e. The van der Waals surface area contributed by atoms with Crippen LogP contribution in [0.4, 0.5) is 0 Å². The number of alkyl halides is 2. The van der Waals surface area contributed by atoms with Gasteiger partial charge >= 0.3 is 0 Å². The normalized spacial score (nSPS) is 19.0. The summed E-state index contributed by atoms with van der Waals surface area (Å²) in [6.07, 6.45) is 5.80. The van der Waals surface area contributed by atoms with Crippen molar-refractivity contribution in [3.8, 4) is 0 Å².